The minimum absolute atomic E-state index is 0.221. The molecule has 0 saturated heterocycles. The quantitative estimate of drug-likeness (QED) is 0.794. The normalized spacial score (nSPS) is 17.4. The lowest BCUT2D eigenvalue weighted by Gasteiger charge is -2.19. The number of carboxylic acids is 1. The largest absolute Gasteiger partial charge is 0.480 e. The Balaban J connectivity index is 2.11. The first-order chi connectivity index (χ1) is 9.99. The highest BCUT2D eigenvalue weighted by Gasteiger charge is 2.51. The van der Waals surface area contributed by atoms with Crippen LogP contribution in [0.3, 0.4) is 0 Å². The molecular formula is C16H18ClNO3. The lowest BCUT2D eigenvalue weighted by Crippen LogP contribution is -2.45. The minimum atomic E-state index is -1.02. The fourth-order valence-corrected chi connectivity index (χ4v) is 2.46. The van der Waals surface area contributed by atoms with Gasteiger partial charge in [0.25, 0.3) is 0 Å². The summed E-state index contributed by atoms with van der Waals surface area (Å²) < 4.78 is 0. The van der Waals surface area contributed by atoms with Crippen molar-refractivity contribution < 1.29 is 14.7 Å². The Morgan fingerprint density at radius 1 is 1.38 bits per heavy atom. The molecule has 4 nitrogen and oxygen atoms in total. The van der Waals surface area contributed by atoms with Gasteiger partial charge >= 0.3 is 5.97 Å². The van der Waals surface area contributed by atoms with E-state index in [4.69, 9.17) is 11.6 Å². The zero-order valence-corrected chi connectivity index (χ0v) is 12.6. The maximum Gasteiger partial charge on any atom is 0.326 e. The van der Waals surface area contributed by atoms with Gasteiger partial charge in [0.05, 0.1) is 5.41 Å². The third-order valence-electron chi connectivity index (χ3n) is 3.79. The second kappa shape index (κ2) is 6.31. The molecule has 1 aromatic carbocycles. The van der Waals surface area contributed by atoms with E-state index >= 15 is 0 Å². The molecule has 1 atom stereocenters. The molecule has 1 unspecified atom stereocenters. The van der Waals surface area contributed by atoms with Gasteiger partial charge < -0.3 is 10.4 Å². The average Bonchev–Trinajstić information content (AvgIpc) is 3.25. The predicted molar refractivity (Wildman–Crippen MR) is 81.4 cm³/mol. The number of carboxylic acid groups (broad SMARTS) is 1. The van der Waals surface area contributed by atoms with Crippen molar-refractivity contribution in [2.24, 2.45) is 0 Å². The summed E-state index contributed by atoms with van der Waals surface area (Å²) in [5, 5.41) is 12.4. The highest BCUT2D eigenvalue weighted by molar-refractivity contribution is 6.30. The number of rotatable bonds is 6. The molecule has 21 heavy (non-hydrogen) atoms. The zero-order chi connectivity index (χ0) is 15.5. The van der Waals surface area contributed by atoms with Gasteiger partial charge in [0.1, 0.15) is 6.04 Å². The van der Waals surface area contributed by atoms with E-state index in [9.17, 15) is 14.7 Å². The summed E-state index contributed by atoms with van der Waals surface area (Å²) in [6, 6.07) is 6.27. The molecule has 0 spiro atoms. The lowest BCUT2D eigenvalue weighted by atomic mass is 9.94. The van der Waals surface area contributed by atoms with Crippen molar-refractivity contribution in [1.29, 1.82) is 0 Å². The number of aliphatic carboxylic acids is 1. The summed E-state index contributed by atoms with van der Waals surface area (Å²) in [5.74, 6) is -1.24. The molecule has 0 radical (unpaired) electrons. The lowest BCUT2D eigenvalue weighted by molar-refractivity contribution is -0.142. The van der Waals surface area contributed by atoms with Gasteiger partial charge in [-0.15, -0.1) is 0 Å². The summed E-state index contributed by atoms with van der Waals surface area (Å²) in [4.78, 5) is 23.7. The zero-order valence-electron chi connectivity index (χ0n) is 11.8. The van der Waals surface area contributed by atoms with Gasteiger partial charge in [0, 0.05) is 5.02 Å². The van der Waals surface area contributed by atoms with Crippen LogP contribution in [0, 0.1) is 0 Å². The van der Waals surface area contributed by atoms with E-state index in [0.717, 1.165) is 18.4 Å². The molecule has 1 aliphatic carbocycles. The molecule has 0 bridgehead atoms. The molecule has 0 aliphatic heterocycles. The van der Waals surface area contributed by atoms with Crippen LogP contribution in [-0.2, 0) is 15.0 Å². The van der Waals surface area contributed by atoms with E-state index in [-0.39, 0.29) is 12.3 Å². The fraction of sp³-hybridized carbons (Fsp3) is 0.375. The van der Waals surface area contributed by atoms with Crippen molar-refractivity contribution in [3.05, 3.63) is 47.0 Å². The predicted octanol–water partition coefficient (Wildman–Crippen LogP) is 2.91. The average molecular weight is 308 g/mol. The smallest absolute Gasteiger partial charge is 0.326 e. The summed E-state index contributed by atoms with van der Waals surface area (Å²) in [7, 11) is 0. The van der Waals surface area contributed by atoms with Crippen LogP contribution in [0.4, 0.5) is 0 Å². The first-order valence-electron chi connectivity index (χ1n) is 6.90. The van der Waals surface area contributed by atoms with Gasteiger partial charge in [-0.2, -0.15) is 0 Å². The van der Waals surface area contributed by atoms with E-state index < -0.39 is 17.4 Å². The number of hydrogen-bond acceptors (Lipinski definition) is 2. The van der Waals surface area contributed by atoms with Gasteiger partial charge in [-0.05, 0) is 43.9 Å². The molecule has 1 amide bonds. The number of carbonyl (C=O) groups excluding carboxylic acids is 1. The topological polar surface area (TPSA) is 66.4 Å². The second-order valence-corrected chi connectivity index (χ2v) is 5.69. The Kier molecular flexibility index (Phi) is 4.68. The molecule has 1 saturated carbocycles. The number of halogens is 1. The van der Waals surface area contributed by atoms with Crippen molar-refractivity contribution in [1.82, 2.24) is 5.32 Å². The number of nitrogens with one attached hydrogen (secondary N) is 1. The summed E-state index contributed by atoms with van der Waals surface area (Å²) in [6.07, 6.45) is 5.26. The number of hydrogen-bond donors (Lipinski definition) is 2. The van der Waals surface area contributed by atoms with Crippen LogP contribution in [0.15, 0.2) is 36.4 Å². The maximum absolute atomic E-state index is 12.5. The maximum atomic E-state index is 12.5. The Labute approximate surface area is 128 Å². The first-order valence-corrected chi connectivity index (χ1v) is 7.28. The first kappa shape index (κ1) is 15.6. The van der Waals surface area contributed by atoms with Crippen LogP contribution in [-0.4, -0.2) is 23.0 Å². The molecule has 112 valence electrons. The Bertz CT molecular complexity index is 561. The van der Waals surface area contributed by atoms with Crippen LogP contribution in [0.2, 0.25) is 5.02 Å². The molecule has 1 aromatic rings. The van der Waals surface area contributed by atoms with Crippen LogP contribution in [0.25, 0.3) is 0 Å². The monoisotopic (exact) mass is 307 g/mol. The van der Waals surface area contributed by atoms with E-state index in [0.29, 0.717) is 5.02 Å². The number of benzene rings is 1. The van der Waals surface area contributed by atoms with Crippen molar-refractivity contribution in [3.8, 4) is 0 Å². The van der Waals surface area contributed by atoms with Gasteiger partial charge in [-0.3, -0.25) is 4.79 Å². The van der Waals surface area contributed by atoms with E-state index in [2.05, 4.69) is 5.32 Å². The van der Waals surface area contributed by atoms with E-state index in [1.807, 2.05) is 19.1 Å². The Hall–Kier alpha value is -1.81. The molecule has 5 heteroatoms. The minimum Gasteiger partial charge on any atom is -0.480 e. The van der Waals surface area contributed by atoms with Crippen molar-refractivity contribution in [3.63, 3.8) is 0 Å². The van der Waals surface area contributed by atoms with E-state index in [1.54, 1.807) is 24.3 Å². The molecule has 2 rings (SSSR count). The molecule has 2 N–H and O–H groups in total. The number of amides is 1. The number of allylic oxidation sites excluding steroid dienone is 1. The van der Waals surface area contributed by atoms with Crippen LogP contribution < -0.4 is 5.32 Å². The Morgan fingerprint density at radius 2 is 2.00 bits per heavy atom. The highest BCUT2D eigenvalue weighted by Crippen LogP contribution is 2.48. The second-order valence-electron chi connectivity index (χ2n) is 5.26. The van der Waals surface area contributed by atoms with Gasteiger partial charge in [0.15, 0.2) is 0 Å². The SMILES string of the molecule is C/C=C/CC(NC(=O)C1(c2ccc(Cl)cc2)CC1)C(=O)O. The van der Waals surface area contributed by atoms with Gasteiger partial charge in [-0.1, -0.05) is 35.9 Å². The van der Waals surface area contributed by atoms with Crippen molar-refractivity contribution >= 4 is 23.5 Å². The summed E-state index contributed by atoms with van der Waals surface area (Å²) in [6.45, 7) is 1.82. The summed E-state index contributed by atoms with van der Waals surface area (Å²) >= 11 is 5.86. The van der Waals surface area contributed by atoms with E-state index in [1.165, 1.54) is 0 Å². The molecule has 0 heterocycles. The third-order valence-corrected chi connectivity index (χ3v) is 4.04. The fourth-order valence-electron chi connectivity index (χ4n) is 2.33. The van der Waals surface area contributed by atoms with Crippen LogP contribution >= 0.6 is 11.6 Å². The van der Waals surface area contributed by atoms with Gasteiger partial charge in [0.2, 0.25) is 5.91 Å². The molecule has 1 fully saturated rings. The molecular weight excluding hydrogens is 290 g/mol. The molecule has 0 aromatic heterocycles. The van der Waals surface area contributed by atoms with Gasteiger partial charge in [-0.25, -0.2) is 4.79 Å². The van der Waals surface area contributed by atoms with Crippen molar-refractivity contribution in [2.75, 3.05) is 0 Å². The summed E-state index contributed by atoms with van der Waals surface area (Å²) in [5.41, 5.74) is 0.299. The van der Waals surface area contributed by atoms with Crippen molar-refractivity contribution in [2.45, 2.75) is 37.6 Å². The standard InChI is InChI=1S/C16H18ClNO3/c1-2-3-4-13(14(19)20)18-15(21)16(9-10-16)11-5-7-12(17)8-6-11/h2-3,5-8,13H,4,9-10H2,1H3,(H,18,21)(H,19,20)/b3-2+. The Morgan fingerprint density at radius 3 is 2.48 bits per heavy atom. The third kappa shape index (κ3) is 3.45. The number of carbonyl (C=O) groups is 2. The molecule has 1 aliphatic rings. The van der Waals surface area contributed by atoms with Crippen LogP contribution in [0.1, 0.15) is 31.7 Å². The highest BCUT2D eigenvalue weighted by atomic mass is 35.5. The van der Waals surface area contributed by atoms with Crippen LogP contribution in [0.5, 0.6) is 0 Å².